The normalized spacial score (nSPS) is 10.2. The minimum Gasteiger partial charge on any atom is -0.478 e. The van der Waals surface area contributed by atoms with Gasteiger partial charge in [0, 0.05) is 23.1 Å². The van der Waals surface area contributed by atoms with Gasteiger partial charge in [0.2, 0.25) is 5.95 Å². The molecule has 0 aliphatic carbocycles. The number of rotatable bonds is 5. The number of para-hydroxylation sites is 1. The molecule has 0 bridgehead atoms. The fourth-order valence-electron chi connectivity index (χ4n) is 2.18. The Morgan fingerprint density at radius 1 is 0.917 bits per heavy atom. The van der Waals surface area contributed by atoms with E-state index in [2.05, 4.69) is 20.6 Å². The second kappa shape index (κ2) is 6.78. The zero-order valence-corrected chi connectivity index (χ0v) is 13.0. The van der Waals surface area contributed by atoms with Crippen LogP contribution in [0.3, 0.4) is 0 Å². The van der Waals surface area contributed by atoms with Crippen LogP contribution in [0.25, 0.3) is 0 Å². The molecule has 0 aliphatic heterocycles. The summed E-state index contributed by atoms with van der Waals surface area (Å²) in [5.41, 5.74) is 2.71. The molecule has 3 rings (SSSR count). The molecule has 0 spiro atoms. The van der Waals surface area contributed by atoms with Gasteiger partial charge in [0.15, 0.2) is 0 Å². The average molecular weight is 320 g/mol. The predicted octanol–water partition coefficient (Wildman–Crippen LogP) is 3.97. The SMILES string of the molecule is Cc1cc(Nc2ccc(C(=O)O)cc2)nc(Nc2ccccc2)n1. The number of carbonyl (C=O) groups is 1. The first-order valence-corrected chi connectivity index (χ1v) is 7.38. The van der Waals surface area contributed by atoms with E-state index >= 15 is 0 Å². The lowest BCUT2D eigenvalue weighted by Crippen LogP contribution is -2.02. The zero-order chi connectivity index (χ0) is 16.9. The highest BCUT2D eigenvalue weighted by molar-refractivity contribution is 5.88. The van der Waals surface area contributed by atoms with Gasteiger partial charge in [0.1, 0.15) is 5.82 Å². The Hall–Kier alpha value is -3.41. The summed E-state index contributed by atoms with van der Waals surface area (Å²) in [4.78, 5) is 19.7. The van der Waals surface area contributed by atoms with E-state index < -0.39 is 5.97 Å². The first-order chi connectivity index (χ1) is 11.6. The van der Waals surface area contributed by atoms with Crippen molar-refractivity contribution in [1.29, 1.82) is 0 Å². The number of nitrogens with one attached hydrogen (secondary N) is 2. The van der Waals surface area contributed by atoms with Gasteiger partial charge in [0.25, 0.3) is 0 Å². The number of anilines is 4. The molecule has 0 fully saturated rings. The van der Waals surface area contributed by atoms with Crippen LogP contribution in [0.5, 0.6) is 0 Å². The molecule has 0 unspecified atom stereocenters. The lowest BCUT2D eigenvalue weighted by molar-refractivity contribution is 0.0697. The maximum Gasteiger partial charge on any atom is 0.335 e. The Morgan fingerprint density at radius 2 is 1.58 bits per heavy atom. The zero-order valence-electron chi connectivity index (χ0n) is 13.0. The second-order valence-electron chi connectivity index (χ2n) is 5.22. The summed E-state index contributed by atoms with van der Waals surface area (Å²) < 4.78 is 0. The smallest absolute Gasteiger partial charge is 0.335 e. The van der Waals surface area contributed by atoms with Gasteiger partial charge in [0.05, 0.1) is 5.56 Å². The molecule has 1 aromatic heterocycles. The molecule has 6 nitrogen and oxygen atoms in total. The van der Waals surface area contributed by atoms with Gasteiger partial charge < -0.3 is 15.7 Å². The molecule has 0 amide bonds. The van der Waals surface area contributed by atoms with Gasteiger partial charge in [-0.15, -0.1) is 0 Å². The number of carboxylic acids is 1. The Bertz CT molecular complexity index is 849. The molecule has 0 aliphatic rings. The number of aromatic carboxylic acids is 1. The summed E-state index contributed by atoms with van der Waals surface area (Å²) in [6.07, 6.45) is 0. The summed E-state index contributed by atoms with van der Waals surface area (Å²) in [7, 11) is 0. The minimum absolute atomic E-state index is 0.242. The first-order valence-electron chi connectivity index (χ1n) is 7.38. The Morgan fingerprint density at radius 3 is 2.25 bits per heavy atom. The van der Waals surface area contributed by atoms with Crippen LogP contribution >= 0.6 is 0 Å². The second-order valence-corrected chi connectivity index (χ2v) is 5.22. The average Bonchev–Trinajstić information content (AvgIpc) is 2.55. The maximum atomic E-state index is 10.9. The summed E-state index contributed by atoms with van der Waals surface area (Å²) in [5, 5.41) is 15.2. The fourth-order valence-corrected chi connectivity index (χ4v) is 2.18. The van der Waals surface area contributed by atoms with E-state index in [1.54, 1.807) is 24.3 Å². The highest BCUT2D eigenvalue weighted by atomic mass is 16.4. The number of benzene rings is 2. The Labute approximate surface area is 139 Å². The predicted molar refractivity (Wildman–Crippen MR) is 93.2 cm³/mol. The molecule has 0 radical (unpaired) electrons. The third kappa shape index (κ3) is 3.86. The third-order valence-electron chi connectivity index (χ3n) is 3.29. The monoisotopic (exact) mass is 320 g/mol. The molecule has 120 valence electrons. The number of hydrogen-bond donors (Lipinski definition) is 3. The van der Waals surface area contributed by atoms with Crippen LogP contribution < -0.4 is 10.6 Å². The Kier molecular flexibility index (Phi) is 4.38. The number of aryl methyl sites for hydroxylation is 1. The van der Waals surface area contributed by atoms with E-state index in [0.29, 0.717) is 11.8 Å². The van der Waals surface area contributed by atoms with Crippen molar-refractivity contribution in [1.82, 2.24) is 9.97 Å². The van der Waals surface area contributed by atoms with Gasteiger partial charge in [-0.2, -0.15) is 4.98 Å². The quantitative estimate of drug-likeness (QED) is 0.659. The van der Waals surface area contributed by atoms with Gasteiger partial charge in [-0.05, 0) is 43.3 Å². The van der Waals surface area contributed by atoms with Crippen LogP contribution in [-0.2, 0) is 0 Å². The molecule has 3 aromatic rings. The molecule has 2 aromatic carbocycles. The lowest BCUT2D eigenvalue weighted by Gasteiger charge is -2.10. The molecular formula is C18H16N4O2. The molecule has 3 N–H and O–H groups in total. The molecule has 0 saturated heterocycles. The van der Waals surface area contributed by atoms with Crippen LogP contribution in [0.4, 0.5) is 23.1 Å². The maximum absolute atomic E-state index is 10.9. The van der Waals surface area contributed by atoms with Crippen molar-refractivity contribution in [3.63, 3.8) is 0 Å². The number of hydrogen-bond acceptors (Lipinski definition) is 5. The molecule has 24 heavy (non-hydrogen) atoms. The molecular weight excluding hydrogens is 304 g/mol. The largest absolute Gasteiger partial charge is 0.478 e. The molecule has 6 heteroatoms. The van der Waals surface area contributed by atoms with Crippen molar-refractivity contribution in [2.24, 2.45) is 0 Å². The van der Waals surface area contributed by atoms with Crippen molar-refractivity contribution in [2.75, 3.05) is 10.6 Å². The van der Waals surface area contributed by atoms with E-state index in [1.807, 2.05) is 43.3 Å². The van der Waals surface area contributed by atoms with Crippen LogP contribution in [0, 0.1) is 6.92 Å². The summed E-state index contributed by atoms with van der Waals surface area (Å²) >= 11 is 0. The number of aromatic nitrogens is 2. The standard InChI is InChI=1S/C18H16N4O2/c1-12-11-16(20-15-9-7-13(8-10-15)17(23)24)22-18(19-12)21-14-5-3-2-4-6-14/h2-11H,1H3,(H,23,24)(H2,19,20,21,22). The van der Waals surface area contributed by atoms with E-state index in [1.165, 1.54) is 0 Å². The summed E-state index contributed by atoms with van der Waals surface area (Å²) in [6.45, 7) is 1.89. The summed E-state index contributed by atoms with van der Waals surface area (Å²) in [6, 6.07) is 18.0. The van der Waals surface area contributed by atoms with Crippen LogP contribution in [0.15, 0.2) is 60.7 Å². The first kappa shape index (κ1) is 15.5. The number of carboxylic acid groups (broad SMARTS) is 1. The molecule has 0 atom stereocenters. The minimum atomic E-state index is -0.950. The van der Waals surface area contributed by atoms with Crippen molar-refractivity contribution in [3.8, 4) is 0 Å². The van der Waals surface area contributed by atoms with E-state index in [-0.39, 0.29) is 5.56 Å². The fraction of sp³-hybridized carbons (Fsp3) is 0.0556. The highest BCUT2D eigenvalue weighted by Gasteiger charge is 2.05. The van der Waals surface area contributed by atoms with Gasteiger partial charge in [-0.3, -0.25) is 0 Å². The number of nitrogens with zero attached hydrogens (tertiary/aromatic N) is 2. The lowest BCUT2D eigenvalue weighted by atomic mass is 10.2. The third-order valence-corrected chi connectivity index (χ3v) is 3.29. The summed E-state index contributed by atoms with van der Waals surface area (Å²) in [5.74, 6) is 0.170. The van der Waals surface area contributed by atoms with Crippen LogP contribution in [0.2, 0.25) is 0 Å². The van der Waals surface area contributed by atoms with Gasteiger partial charge in [-0.25, -0.2) is 9.78 Å². The van der Waals surface area contributed by atoms with Crippen LogP contribution in [0.1, 0.15) is 16.1 Å². The van der Waals surface area contributed by atoms with Crippen molar-refractivity contribution in [2.45, 2.75) is 6.92 Å². The van der Waals surface area contributed by atoms with Gasteiger partial charge in [-0.1, -0.05) is 18.2 Å². The van der Waals surface area contributed by atoms with Crippen LogP contribution in [-0.4, -0.2) is 21.0 Å². The Balaban J connectivity index is 1.79. The van der Waals surface area contributed by atoms with Gasteiger partial charge >= 0.3 is 5.97 Å². The van der Waals surface area contributed by atoms with Crippen molar-refractivity contribution >= 4 is 29.1 Å². The molecule has 1 heterocycles. The topological polar surface area (TPSA) is 87.1 Å². The van der Waals surface area contributed by atoms with E-state index in [4.69, 9.17) is 5.11 Å². The van der Waals surface area contributed by atoms with E-state index in [0.717, 1.165) is 17.1 Å². The molecule has 0 saturated carbocycles. The van der Waals surface area contributed by atoms with E-state index in [9.17, 15) is 4.79 Å². The highest BCUT2D eigenvalue weighted by Crippen LogP contribution is 2.19. The van der Waals surface area contributed by atoms with Crippen molar-refractivity contribution < 1.29 is 9.90 Å². The van der Waals surface area contributed by atoms with Crippen molar-refractivity contribution in [3.05, 3.63) is 71.9 Å².